The number of hydrogen-bond donors (Lipinski definition) is 0. The van der Waals surface area contributed by atoms with Gasteiger partial charge < -0.3 is 4.74 Å². The predicted octanol–water partition coefficient (Wildman–Crippen LogP) is 5.17. The maximum absolute atomic E-state index is 12.2. The standard InChI is InChI=1S/C22H34O2/c1-14(23)18-7-8-19-17-6-5-15-13-16(24-4)9-11-21(15,2)20(17)10-12-22(18,19)3/h5,16-20H,6-13H2,1-4H3/t16-,17-,18?,19-,20-,21-,22+/m0/s1. The molecule has 0 spiro atoms. The Morgan fingerprint density at radius 2 is 1.92 bits per heavy atom. The van der Waals surface area contributed by atoms with Crippen LogP contribution in [0.25, 0.3) is 0 Å². The summed E-state index contributed by atoms with van der Waals surface area (Å²) in [5.41, 5.74) is 2.36. The van der Waals surface area contributed by atoms with Crippen LogP contribution >= 0.6 is 0 Å². The van der Waals surface area contributed by atoms with E-state index in [1.165, 1.54) is 38.5 Å². The molecule has 134 valence electrons. The fourth-order valence-electron chi connectivity index (χ4n) is 7.50. The summed E-state index contributed by atoms with van der Waals surface area (Å²) >= 11 is 0. The molecule has 4 aliphatic carbocycles. The number of fused-ring (bicyclic) bond motifs is 5. The van der Waals surface area contributed by atoms with Gasteiger partial charge in [-0.25, -0.2) is 0 Å². The molecular weight excluding hydrogens is 296 g/mol. The highest BCUT2D eigenvalue weighted by Crippen LogP contribution is 2.66. The van der Waals surface area contributed by atoms with Crippen molar-refractivity contribution in [2.24, 2.45) is 34.5 Å². The highest BCUT2D eigenvalue weighted by atomic mass is 16.5. The fourth-order valence-corrected chi connectivity index (χ4v) is 7.50. The van der Waals surface area contributed by atoms with E-state index in [2.05, 4.69) is 19.9 Å². The van der Waals surface area contributed by atoms with Crippen molar-refractivity contribution in [1.82, 2.24) is 0 Å². The number of allylic oxidation sites excluding steroid dienone is 1. The molecule has 1 unspecified atom stereocenters. The summed E-state index contributed by atoms with van der Waals surface area (Å²) in [6, 6.07) is 0. The van der Waals surface area contributed by atoms with Crippen molar-refractivity contribution in [3.63, 3.8) is 0 Å². The number of Topliss-reactive ketones (excluding diaryl/α,β-unsaturated/α-hetero) is 1. The van der Waals surface area contributed by atoms with Crippen molar-refractivity contribution in [3.05, 3.63) is 11.6 Å². The zero-order valence-electron chi connectivity index (χ0n) is 15.9. The molecule has 0 aromatic rings. The van der Waals surface area contributed by atoms with Gasteiger partial charge in [0.1, 0.15) is 5.78 Å². The van der Waals surface area contributed by atoms with Gasteiger partial charge in [0.05, 0.1) is 6.10 Å². The quantitative estimate of drug-likeness (QED) is 0.653. The SMILES string of the molecule is CO[C@H]1CC[C@@]2(C)C(=CC[C@@H]3[C@@H]2CC[C@]2(C)C(C(C)=O)CC[C@@H]32)C1. The maximum atomic E-state index is 12.2. The van der Waals surface area contributed by atoms with Crippen molar-refractivity contribution in [2.45, 2.75) is 78.2 Å². The van der Waals surface area contributed by atoms with Crippen LogP contribution < -0.4 is 0 Å². The summed E-state index contributed by atoms with van der Waals surface area (Å²) in [6.45, 7) is 6.81. The number of methoxy groups -OCH3 is 1. The van der Waals surface area contributed by atoms with Gasteiger partial charge in [0.25, 0.3) is 0 Å². The Labute approximate surface area is 147 Å². The van der Waals surface area contributed by atoms with Gasteiger partial charge in [0.2, 0.25) is 0 Å². The molecule has 2 nitrogen and oxygen atoms in total. The number of ether oxygens (including phenoxy) is 1. The minimum atomic E-state index is 0.276. The minimum absolute atomic E-state index is 0.276. The van der Waals surface area contributed by atoms with Crippen molar-refractivity contribution < 1.29 is 9.53 Å². The first-order valence-electron chi connectivity index (χ1n) is 10.1. The van der Waals surface area contributed by atoms with E-state index >= 15 is 0 Å². The van der Waals surface area contributed by atoms with Crippen LogP contribution in [0.15, 0.2) is 11.6 Å². The molecule has 0 aromatic carbocycles. The van der Waals surface area contributed by atoms with E-state index in [4.69, 9.17) is 4.74 Å². The van der Waals surface area contributed by atoms with Gasteiger partial charge in [-0.3, -0.25) is 4.79 Å². The molecule has 3 fully saturated rings. The van der Waals surface area contributed by atoms with Gasteiger partial charge in [-0.05, 0) is 86.9 Å². The van der Waals surface area contributed by atoms with Gasteiger partial charge in [-0.15, -0.1) is 0 Å². The monoisotopic (exact) mass is 330 g/mol. The van der Waals surface area contributed by atoms with E-state index < -0.39 is 0 Å². The van der Waals surface area contributed by atoms with Crippen molar-refractivity contribution in [3.8, 4) is 0 Å². The molecular formula is C22H34O2. The Balaban J connectivity index is 1.63. The molecule has 7 atom stereocenters. The number of carbonyl (C=O) groups excluding carboxylic acids is 1. The fraction of sp³-hybridized carbons (Fsp3) is 0.864. The smallest absolute Gasteiger partial charge is 0.133 e. The molecule has 3 saturated carbocycles. The molecule has 0 heterocycles. The molecule has 0 N–H and O–H groups in total. The Hall–Kier alpha value is -0.630. The average Bonchev–Trinajstić information content (AvgIpc) is 2.91. The molecule has 0 aliphatic heterocycles. The van der Waals surface area contributed by atoms with Crippen LogP contribution in [-0.2, 0) is 9.53 Å². The second-order valence-electron chi connectivity index (χ2n) is 9.64. The third-order valence-corrected chi connectivity index (χ3v) is 8.88. The summed E-state index contributed by atoms with van der Waals surface area (Å²) in [7, 11) is 1.87. The van der Waals surface area contributed by atoms with Crippen molar-refractivity contribution >= 4 is 5.78 Å². The lowest BCUT2D eigenvalue weighted by molar-refractivity contribution is -0.127. The molecule has 0 aromatic heterocycles. The number of carbonyl (C=O) groups is 1. The lowest BCUT2D eigenvalue weighted by atomic mass is 9.47. The summed E-state index contributed by atoms with van der Waals surface area (Å²) < 4.78 is 5.67. The van der Waals surface area contributed by atoms with E-state index in [1.54, 1.807) is 5.57 Å². The van der Waals surface area contributed by atoms with Crippen LogP contribution in [0, 0.1) is 34.5 Å². The summed E-state index contributed by atoms with van der Waals surface area (Å²) in [5.74, 6) is 3.17. The Bertz CT molecular complexity index is 564. The second-order valence-corrected chi connectivity index (χ2v) is 9.64. The Kier molecular flexibility index (Phi) is 3.99. The van der Waals surface area contributed by atoms with E-state index in [0.29, 0.717) is 23.2 Å². The van der Waals surface area contributed by atoms with E-state index in [-0.39, 0.29) is 5.41 Å². The normalized spacial score (nSPS) is 50.5. The van der Waals surface area contributed by atoms with Crippen LogP contribution in [0.3, 0.4) is 0 Å². The van der Waals surface area contributed by atoms with Crippen LogP contribution in [0.4, 0.5) is 0 Å². The van der Waals surface area contributed by atoms with Crippen molar-refractivity contribution in [1.29, 1.82) is 0 Å². The van der Waals surface area contributed by atoms with Crippen LogP contribution in [0.5, 0.6) is 0 Å². The molecule has 4 aliphatic rings. The first-order valence-corrected chi connectivity index (χ1v) is 10.1. The second kappa shape index (κ2) is 5.69. The van der Waals surface area contributed by atoms with Gasteiger partial charge in [0, 0.05) is 13.0 Å². The lowest BCUT2D eigenvalue weighted by Crippen LogP contribution is -2.51. The van der Waals surface area contributed by atoms with Crippen LogP contribution in [0.2, 0.25) is 0 Å². The zero-order chi connectivity index (χ0) is 17.1. The molecule has 0 saturated heterocycles. The molecule has 24 heavy (non-hydrogen) atoms. The highest BCUT2D eigenvalue weighted by Gasteiger charge is 2.59. The minimum Gasteiger partial charge on any atom is -0.381 e. The number of rotatable bonds is 2. The zero-order valence-corrected chi connectivity index (χ0v) is 15.9. The summed E-state index contributed by atoms with van der Waals surface area (Å²) in [5, 5.41) is 0. The Morgan fingerprint density at radius 3 is 2.62 bits per heavy atom. The molecule has 0 radical (unpaired) electrons. The van der Waals surface area contributed by atoms with Gasteiger partial charge in [0.15, 0.2) is 0 Å². The molecule has 4 rings (SSSR count). The summed E-state index contributed by atoms with van der Waals surface area (Å²) in [6.07, 6.45) is 12.9. The number of hydrogen-bond acceptors (Lipinski definition) is 2. The van der Waals surface area contributed by atoms with E-state index in [9.17, 15) is 4.79 Å². The third-order valence-electron chi connectivity index (χ3n) is 8.88. The third kappa shape index (κ3) is 2.21. The van der Waals surface area contributed by atoms with Crippen molar-refractivity contribution in [2.75, 3.05) is 7.11 Å². The molecule has 0 amide bonds. The van der Waals surface area contributed by atoms with Gasteiger partial charge in [-0.1, -0.05) is 25.5 Å². The topological polar surface area (TPSA) is 26.3 Å². The average molecular weight is 331 g/mol. The van der Waals surface area contributed by atoms with E-state index in [1.807, 2.05) is 14.0 Å². The molecule has 0 bridgehead atoms. The van der Waals surface area contributed by atoms with E-state index in [0.717, 1.165) is 30.6 Å². The number of ketones is 1. The van der Waals surface area contributed by atoms with Crippen LogP contribution in [-0.4, -0.2) is 19.0 Å². The summed E-state index contributed by atoms with van der Waals surface area (Å²) in [4.78, 5) is 12.2. The largest absolute Gasteiger partial charge is 0.381 e. The first kappa shape index (κ1) is 16.8. The maximum Gasteiger partial charge on any atom is 0.133 e. The van der Waals surface area contributed by atoms with Gasteiger partial charge in [-0.2, -0.15) is 0 Å². The Morgan fingerprint density at radius 1 is 1.12 bits per heavy atom. The lowest BCUT2D eigenvalue weighted by Gasteiger charge is -2.58. The molecule has 2 heteroatoms. The van der Waals surface area contributed by atoms with Gasteiger partial charge >= 0.3 is 0 Å². The van der Waals surface area contributed by atoms with Crippen LogP contribution in [0.1, 0.15) is 72.1 Å². The first-order chi connectivity index (χ1) is 11.4. The predicted molar refractivity (Wildman–Crippen MR) is 96.7 cm³/mol. The highest BCUT2D eigenvalue weighted by molar-refractivity contribution is 5.79.